The van der Waals surface area contributed by atoms with E-state index in [1.807, 2.05) is 0 Å². The lowest BCUT2D eigenvalue weighted by Crippen LogP contribution is -2.41. The molecular weight excluding hydrogens is 236 g/mol. The molecule has 0 amide bonds. The van der Waals surface area contributed by atoms with E-state index < -0.39 is 10.0 Å². The second-order valence-electron chi connectivity index (χ2n) is 4.60. The molecule has 1 saturated carbocycles. The summed E-state index contributed by atoms with van der Waals surface area (Å²) in [6, 6.07) is 7.19. The number of benzene rings is 1. The fraction of sp³-hybridized carbons (Fsp3) is 0.500. The van der Waals surface area contributed by atoms with Crippen LogP contribution in [0.3, 0.4) is 0 Å². The highest BCUT2D eigenvalue weighted by atomic mass is 32.2. The summed E-state index contributed by atoms with van der Waals surface area (Å²) >= 11 is 0. The number of sulfonamides is 1. The van der Waals surface area contributed by atoms with Gasteiger partial charge in [0.1, 0.15) is 0 Å². The van der Waals surface area contributed by atoms with Gasteiger partial charge in [0.05, 0.1) is 5.75 Å². The van der Waals surface area contributed by atoms with Crippen molar-refractivity contribution < 1.29 is 8.42 Å². The van der Waals surface area contributed by atoms with Crippen LogP contribution in [0, 0.1) is 0 Å². The minimum atomic E-state index is -3.19. The second kappa shape index (κ2) is 4.66. The third-order valence-corrected chi connectivity index (χ3v) is 5.23. The number of hydrogen-bond donors (Lipinski definition) is 1. The summed E-state index contributed by atoms with van der Waals surface area (Å²) in [4.78, 5) is 0. The lowest BCUT2D eigenvalue weighted by Gasteiger charge is -2.33. The number of anilines is 1. The minimum Gasteiger partial charge on any atom is -0.399 e. The van der Waals surface area contributed by atoms with Gasteiger partial charge in [0, 0.05) is 18.8 Å². The molecule has 0 aromatic heterocycles. The Morgan fingerprint density at radius 3 is 2.35 bits per heavy atom. The summed E-state index contributed by atoms with van der Waals surface area (Å²) in [5.74, 6) is 0.0558. The lowest BCUT2D eigenvalue weighted by atomic mass is 9.94. The number of nitrogens with two attached hydrogens (primary N) is 1. The van der Waals surface area contributed by atoms with E-state index in [2.05, 4.69) is 0 Å². The van der Waals surface area contributed by atoms with Crippen LogP contribution in [0.1, 0.15) is 24.8 Å². The molecule has 1 aliphatic rings. The molecule has 0 heterocycles. The third-order valence-electron chi connectivity index (χ3n) is 3.36. The van der Waals surface area contributed by atoms with Gasteiger partial charge in [-0.2, -0.15) is 0 Å². The van der Waals surface area contributed by atoms with Gasteiger partial charge in [-0.3, -0.25) is 0 Å². The van der Waals surface area contributed by atoms with Crippen LogP contribution in [0.2, 0.25) is 0 Å². The van der Waals surface area contributed by atoms with Gasteiger partial charge < -0.3 is 5.73 Å². The first-order chi connectivity index (χ1) is 7.99. The zero-order chi connectivity index (χ0) is 12.5. The van der Waals surface area contributed by atoms with Crippen LogP contribution in [-0.4, -0.2) is 25.8 Å². The first-order valence-electron chi connectivity index (χ1n) is 5.79. The Morgan fingerprint density at radius 1 is 1.29 bits per heavy atom. The minimum absolute atomic E-state index is 0.0558. The maximum absolute atomic E-state index is 12.1. The van der Waals surface area contributed by atoms with E-state index in [0.29, 0.717) is 5.69 Å². The first-order valence-corrected chi connectivity index (χ1v) is 7.40. The maximum atomic E-state index is 12.1. The molecule has 5 heteroatoms. The fourth-order valence-electron chi connectivity index (χ4n) is 1.90. The normalized spacial score (nSPS) is 17.1. The van der Waals surface area contributed by atoms with Crippen molar-refractivity contribution in [3.8, 4) is 0 Å². The summed E-state index contributed by atoms with van der Waals surface area (Å²) in [6.45, 7) is 0. The van der Waals surface area contributed by atoms with E-state index in [-0.39, 0.29) is 11.8 Å². The third kappa shape index (κ3) is 2.79. The summed E-state index contributed by atoms with van der Waals surface area (Å²) in [5.41, 5.74) is 7.00. The smallest absolute Gasteiger partial charge is 0.218 e. The molecule has 1 aromatic carbocycles. The molecule has 1 aliphatic carbocycles. The zero-order valence-corrected chi connectivity index (χ0v) is 10.8. The van der Waals surface area contributed by atoms with E-state index in [1.54, 1.807) is 31.3 Å². The van der Waals surface area contributed by atoms with Crippen LogP contribution in [-0.2, 0) is 15.8 Å². The molecule has 1 fully saturated rings. The average Bonchev–Trinajstić information content (AvgIpc) is 2.18. The predicted molar refractivity (Wildman–Crippen MR) is 68.9 cm³/mol. The molecule has 1 aromatic rings. The molecule has 0 radical (unpaired) electrons. The van der Waals surface area contributed by atoms with Gasteiger partial charge in [-0.05, 0) is 30.5 Å². The fourth-order valence-corrected chi connectivity index (χ4v) is 3.39. The second-order valence-corrected chi connectivity index (χ2v) is 6.63. The molecule has 2 N–H and O–H groups in total. The number of nitrogen functional groups attached to an aromatic ring is 1. The summed E-state index contributed by atoms with van der Waals surface area (Å²) in [6.07, 6.45) is 3.10. The molecular formula is C12H18N2O2S. The van der Waals surface area contributed by atoms with Crippen LogP contribution >= 0.6 is 0 Å². The largest absolute Gasteiger partial charge is 0.399 e. The summed E-state index contributed by atoms with van der Waals surface area (Å²) < 4.78 is 25.7. The van der Waals surface area contributed by atoms with Crippen molar-refractivity contribution >= 4 is 15.7 Å². The van der Waals surface area contributed by atoms with Gasteiger partial charge in [-0.25, -0.2) is 12.7 Å². The Balaban J connectivity index is 2.08. The van der Waals surface area contributed by atoms with Crippen molar-refractivity contribution in [2.45, 2.75) is 31.1 Å². The van der Waals surface area contributed by atoms with Crippen LogP contribution in [0.4, 0.5) is 5.69 Å². The Hall–Kier alpha value is -1.07. The maximum Gasteiger partial charge on any atom is 0.218 e. The highest BCUT2D eigenvalue weighted by Gasteiger charge is 2.30. The lowest BCUT2D eigenvalue weighted by molar-refractivity contribution is 0.249. The molecule has 0 saturated heterocycles. The van der Waals surface area contributed by atoms with Gasteiger partial charge in [-0.15, -0.1) is 0 Å². The molecule has 0 atom stereocenters. The van der Waals surface area contributed by atoms with Crippen LogP contribution in [0.25, 0.3) is 0 Å². The molecule has 0 unspecified atom stereocenters. The molecule has 4 nitrogen and oxygen atoms in total. The molecule has 0 aliphatic heterocycles. The summed E-state index contributed by atoms with van der Waals surface area (Å²) in [5, 5.41) is 0. The van der Waals surface area contributed by atoms with Crippen molar-refractivity contribution in [1.29, 1.82) is 0 Å². The van der Waals surface area contributed by atoms with Crippen molar-refractivity contribution in [2.24, 2.45) is 0 Å². The van der Waals surface area contributed by atoms with Gasteiger partial charge >= 0.3 is 0 Å². The molecule has 2 rings (SSSR count). The van der Waals surface area contributed by atoms with Crippen molar-refractivity contribution in [3.63, 3.8) is 0 Å². The molecule has 17 heavy (non-hydrogen) atoms. The van der Waals surface area contributed by atoms with Gasteiger partial charge in [-0.1, -0.05) is 18.6 Å². The molecule has 0 spiro atoms. The summed E-state index contributed by atoms with van der Waals surface area (Å²) in [7, 11) is -1.52. The SMILES string of the molecule is CN(C1CCC1)S(=O)(=O)Cc1ccc(N)cc1. The highest BCUT2D eigenvalue weighted by molar-refractivity contribution is 7.88. The number of rotatable bonds is 4. The van der Waals surface area contributed by atoms with Crippen molar-refractivity contribution in [1.82, 2.24) is 4.31 Å². The van der Waals surface area contributed by atoms with Crippen LogP contribution in [0.5, 0.6) is 0 Å². The molecule has 94 valence electrons. The first kappa shape index (κ1) is 12.4. The molecule has 0 bridgehead atoms. The van der Waals surface area contributed by atoms with Crippen LogP contribution in [0.15, 0.2) is 24.3 Å². The topological polar surface area (TPSA) is 63.4 Å². The van der Waals surface area contributed by atoms with E-state index in [1.165, 1.54) is 4.31 Å². The quantitative estimate of drug-likeness (QED) is 0.830. The van der Waals surface area contributed by atoms with Crippen molar-refractivity contribution in [3.05, 3.63) is 29.8 Å². The predicted octanol–water partition coefficient (Wildman–Crippen LogP) is 1.58. The van der Waals surface area contributed by atoms with Crippen molar-refractivity contribution in [2.75, 3.05) is 12.8 Å². The van der Waals surface area contributed by atoms with E-state index >= 15 is 0 Å². The number of hydrogen-bond acceptors (Lipinski definition) is 3. The van der Waals surface area contributed by atoms with Gasteiger partial charge in [0.25, 0.3) is 0 Å². The number of nitrogens with zero attached hydrogens (tertiary/aromatic N) is 1. The van der Waals surface area contributed by atoms with E-state index in [0.717, 1.165) is 24.8 Å². The van der Waals surface area contributed by atoms with E-state index in [4.69, 9.17) is 5.73 Å². The highest BCUT2D eigenvalue weighted by Crippen LogP contribution is 2.26. The van der Waals surface area contributed by atoms with Crippen LogP contribution < -0.4 is 5.73 Å². The van der Waals surface area contributed by atoms with Gasteiger partial charge in [0.15, 0.2) is 0 Å². The Labute approximate surface area is 102 Å². The Morgan fingerprint density at radius 2 is 1.88 bits per heavy atom. The van der Waals surface area contributed by atoms with Gasteiger partial charge in [0.2, 0.25) is 10.0 Å². The standard InChI is InChI=1S/C12H18N2O2S/c1-14(12-3-2-4-12)17(15,16)9-10-5-7-11(13)8-6-10/h5-8,12H,2-4,9,13H2,1H3. The Kier molecular flexibility index (Phi) is 3.40. The monoisotopic (exact) mass is 254 g/mol. The average molecular weight is 254 g/mol. The zero-order valence-electron chi connectivity index (χ0n) is 9.96. The van der Waals surface area contributed by atoms with E-state index in [9.17, 15) is 8.42 Å². The Bertz CT molecular complexity index is 478.